The fourth-order valence-electron chi connectivity index (χ4n) is 0.976. The van der Waals surface area contributed by atoms with Crippen molar-refractivity contribution < 1.29 is 9.53 Å². The van der Waals surface area contributed by atoms with Crippen molar-refractivity contribution >= 4 is 18.3 Å². The third-order valence-corrected chi connectivity index (χ3v) is 1.78. The van der Waals surface area contributed by atoms with E-state index in [9.17, 15) is 4.79 Å². The number of halogens is 1. The van der Waals surface area contributed by atoms with E-state index >= 15 is 0 Å². The quantitative estimate of drug-likeness (QED) is 0.777. The Labute approximate surface area is 88.6 Å². The maximum atomic E-state index is 10.7. The number of nitrogens with two attached hydrogens (primary N) is 2. The molecule has 0 fully saturated rings. The van der Waals surface area contributed by atoms with Gasteiger partial charge in [0.1, 0.15) is 11.8 Å². The number of carbonyl (C=O) groups excluding carboxylic acids is 1. The van der Waals surface area contributed by atoms with E-state index in [0.29, 0.717) is 5.56 Å². The zero-order valence-corrected chi connectivity index (χ0v) is 8.58. The van der Waals surface area contributed by atoms with E-state index in [4.69, 9.17) is 16.2 Å². The van der Waals surface area contributed by atoms with Crippen LogP contribution in [-0.4, -0.2) is 13.0 Å². The second kappa shape index (κ2) is 5.47. The maximum Gasteiger partial charge on any atom is 0.238 e. The van der Waals surface area contributed by atoms with Gasteiger partial charge in [0, 0.05) is 0 Å². The van der Waals surface area contributed by atoms with Gasteiger partial charge in [-0.05, 0) is 17.7 Å². The zero-order chi connectivity index (χ0) is 9.84. The first-order valence-corrected chi connectivity index (χ1v) is 3.84. The van der Waals surface area contributed by atoms with E-state index in [1.165, 1.54) is 0 Å². The molecule has 0 spiro atoms. The number of carbonyl (C=O) groups is 1. The minimum atomic E-state index is -0.745. The van der Waals surface area contributed by atoms with E-state index in [-0.39, 0.29) is 12.4 Å². The predicted octanol–water partition coefficient (Wildman–Crippen LogP) is 0.602. The van der Waals surface area contributed by atoms with E-state index in [1.807, 2.05) is 0 Å². The first-order chi connectivity index (χ1) is 6.15. The molecule has 0 aliphatic carbocycles. The molecule has 1 aromatic carbocycles. The first-order valence-electron chi connectivity index (χ1n) is 3.84. The number of rotatable bonds is 3. The second-order valence-electron chi connectivity index (χ2n) is 2.65. The minimum Gasteiger partial charge on any atom is -0.497 e. The molecule has 0 heterocycles. The third-order valence-electron chi connectivity index (χ3n) is 1.78. The van der Waals surface area contributed by atoms with Crippen molar-refractivity contribution in [1.29, 1.82) is 0 Å². The van der Waals surface area contributed by atoms with Crippen LogP contribution in [0.25, 0.3) is 0 Å². The Bertz CT molecular complexity index is 300. The summed E-state index contributed by atoms with van der Waals surface area (Å²) >= 11 is 0. The molecular formula is C9H13ClN2O2. The number of methoxy groups -OCH3 is 1. The third kappa shape index (κ3) is 2.90. The molecule has 0 aliphatic rings. The number of ether oxygens (including phenoxy) is 1. The summed E-state index contributed by atoms with van der Waals surface area (Å²) in [6.07, 6.45) is 0. The molecule has 0 saturated carbocycles. The Morgan fingerprint density at radius 3 is 2.21 bits per heavy atom. The highest BCUT2D eigenvalue weighted by atomic mass is 35.5. The van der Waals surface area contributed by atoms with Gasteiger partial charge in [0.2, 0.25) is 5.91 Å². The average molecular weight is 217 g/mol. The average Bonchev–Trinajstić information content (AvgIpc) is 2.17. The largest absolute Gasteiger partial charge is 0.497 e. The van der Waals surface area contributed by atoms with Gasteiger partial charge in [-0.15, -0.1) is 12.4 Å². The Hall–Kier alpha value is -1.26. The van der Waals surface area contributed by atoms with Gasteiger partial charge in [-0.2, -0.15) is 0 Å². The van der Waals surface area contributed by atoms with Crippen LogP contribution in [-0.2, 0) is 4.79 Å². The maximum absolute atomic E-state index is 10.7. The van der Waals surface area contributed by atoms with Gasteiger partial charge >= 0.3 is 0 Å². The van der Waals surface area contributed by atoms with Crippen LogP contribution in [0.4, 0.5) is 0 Å². The van der Waals surface area contributed by atoms with Crippen LogP contribution < -0.4 is 16.2 Å². The summed E-state index contributed by atoms with van der Waals surface area (Å²) in [6.45, 7) is 0. The predicted molar refractivity (Wildman–Crippen MR) is 56.4 cm³/mol. The highest BCUT2D eigenvalue weighted by Crippen LogP contribution is 2.15. The number of hydrogen-bond acceptors (Lipinski definition) is 3. The summed E-state index contributed by atoms with van der Waals surface area (Å²) in [5.74, 6) is 0.186. The van der Waals surface area contributed by atoms with E-state index < -0.39 is 11.9 Å². The standard InChI is InChI=1S/C9H12N2O2.ClH/c1-13-7-4-2-6(3-5-7)8(10)9(11)12;/h2-5,8H,10H2,1H3,(H2,11,12);1H. The topological polar surface area (TPSA) is 78.3 Å². The molecule has 0 saturated heterocycles. The van der Waals surface area contributed by atoms with Crippen LogP contribution in [0.3, 0.4) is 0 Å². The summed E-state index contributed by atoms with van der Waals surface area (Å²) in [4.78, 5) is 10.7. The fourth-order valence-corrected chi connectivity index (χ4v) is 0.976. The lowest BCUT2D eigenvalue weighted by atomic mass is 10.1. The van der Waals surface area contributed by atoms with Gasteiger partial charge in [-0.25, -0.2) is 0 Å². The summed E-state index contributed by atoms with van der Waals surface area (Å²) in [6, 6.07) is 6.16. The van der Waals surface area contributed by atoms with E-state index in [1.54, 1.807) is 31.4 Å². The lowest BCUT2D eigenvalue weighted by Gasteiger charge is -2.07. The molecule has 0 bridgehead atoms. The number of primary amides is 1. The number of amides is 1. The molecule has 4 nitrogen and oxygen atoms in total. The van der Waals surface area contributed by atoms with Gasteiger partial charge in [0.25, 0.3) is 0 Å². The SMILES string of the molecule is COc1ccc(C(N)C(N)=O)cc1.Cl. The molecule has 1 amide bonds. The molecule has 78 valence electrons. The summed E-state index contributed by atoms with van der Waals surface area (Å²) in [7, 11) is 1.57. The van der Waals surface area contributed by atoms with Crippen LogP contribution >= 0.6 is 12.4 Å². The second-order valence-corrected chi connectivity index (χ2v) is 2.65. The monoisotopic (exact) mass is 216 g/mol. The van der Waals surface area contributed by atoms with Crippen molar-refractivity contribution in [2.24, 2.45) is 11.5 Å². The molecule has 0 aromatic heterocycles. The van der Waals surface area contributed by atoms with Crippen LogP contribution in [0, 0.1) is 0 Å². The van der Waals surface area contributed by atoms with Crippen LogP contribution in [0.15, 0.2) is 24.3 Å². The Morgan fingerprint density at radius 1 is 1.36 bits per heavy atom. The van der Waals surface area contributed by atoms with Crippen molar-refractivity contribution in [3.05, 3.63) is 29.8 Å². The van der Waals surface area contributed by atoms with E-state index in [2.05, 4.69) is 0 Å². The molecule has 1 rings (SSSR count). The zero-order valence-electron chi connectivity index (χ0n) is 7.77. The van der Waals surface area contributed by atoms with Crippen molar-refractivity contribution in [2.75, 3.05) is 7.11 Å². The van der Waals surface area contributed by atoms with Crippen molar-refractivity contribution in [2.45, 2.75) is 6.04 Å². The molecule has 14 heavy (non-hydrogen) atoms. The minimum absolute atomic E-state index is 0. The van der Waals surface area contributed by atoms with Gasteiger partial charge in [0.15, 0.2) is 0 Å². The number of hydrogen-bond donors (Lipinski definition) is 2. The Balaban J connectivity index is 0.00000169. The first kappa shape index (κ1) is 12.7. The van der Waals surface area contributed by atoms with Gasteiger partial charge < -0.3 is 16.2 Å². The normalized spacial score (nSPS) is 11.3. The van der Waals surface area contributed by atoms with Crippen LogP contribution in [0.1, 0.15) is 11.6 Å². The summed E-state index contributed by atoms with van der Waals surface area (Å²) in [5.41, 5.74) is 11.2. The molecule has 0 aliphatic heterocycles. The van der Waals surface area contributed by atoms with Crippen molar-refractivity contribution in [3.8, 4) is 5.75 Å². The summed E-state index contributed by atoms with van der Waals surface area (Å²) in [5, 5.41) is 0. The fraction of sp³-hybridized carbons (Fsp3) is 0.222. The van der Waals surface area contributed by atoms with Crippen molar-refractivity contribution in [1.82, 2.24) is 0 Å². The molecule has 1 aromatic rings. The van der Waals surface area contributed by atoms with Gasteiger partial charge in [0.05, 0.1) is 7.11 Å². The van der Waals surface area contributed by atoms with Gasteiger partial charge in [-0.1, -0.05) is 12.1 Å². The smallest absolute Gasteiger partial charge is 0.238 e. The molecule has 5 heteroatoms. The highest BCUT2D eigenvalue weighted by molar-refractivity contribution is 5.85. The van der Waals surface area contributed by atoms with Crippen LogP contribution in [0.2, 0.25) is 0 Å². The Kier molecular flexibility index (Phi) is 4.97. The van der Waals surface area contributed by atoms with Crippen LogP contribution in [0.5, 0.6) is 5.75 Å². The lowest BCUT2D eigenvalue weighted by Crippen LogP contribution is -2.28. The van der Waals surface area contributed by atoms with E-state index in [0.717, 1.165) is 5.75 Å². The number of benzene rings is 1. The highest BCUT2D eigenvalue weighted by Gasteiger charge is 2.11. The lowest BCUT2D eigenvalue weighted by molar-refractivity contribution is -0.119. The molecule has 0 radical (unpaired) electrons. The Morgan fingerprint density at radius 2 is 1.86 bits per heavy atom. The molecular weight excluding hydrogens is 204 g/mol. The van der Waals surface area contributed by atoms with Crippen molar-refractivity contribution in [3.63, 3.8) is 0 Å². The molecule has 1 atom stereocenters. The molecule has 1 unspecified atom stereocenters. The molecule has 4 N–H and O–H groups in total. The van der Waals surface area contributed by atoms with Gasteiger partial charge in [-0.3, -0.25) is 4.79 Å². The summed E-state index contributed by atoms with van der Waals surface area (Å²) < 4.78 is 4.95.